The Morgan fingerprint density at radius 2 is 1.58 bits per heavy atom. The van der Waals surface area contributed by atoms with E-state index >= 15 is 0 Å². The third-order valence-electron chi connectivity index (χ3n) is 0.796. The summed E-state index contributed by atoms with van der Waals surface area (Å²) in [5.41, 5.74) is -0.144. The van der Waals surface area contributed by atoms with Gasteiger partial charge in [-0.1, -0.05) is 11.6 Å². The zero-order valence-electron chi connectivity index (χ0n) is 7.49. The van der Waals surface area contributed by atoms with Crippen molar-refractivity contribution in [1.29, 1.82) is 0 Å². The van der Waals surface area contributed by atoms with Gasteiger partial charge in [-0.25, -0.2) is 0 Å². The monoisotopic (exact) mass is 200 g/mol. The van der Waals surface area contributed by atoms with Crippen molar-refractivity contribution >= 4 is 11.6 Å². The van der Waals surface area contributed by atoms with Crippen molar-refractivity contribution in [2.45, 2.75) is 12.5 Å². The molecule has 76 valence electrons. The average Bonchev–Trinajstić information content (AvgIpc) is 2.07. The molecule has 0 heterocycles. The first kappa shape index (κ1) is 14.6. The van der Waals surface area contributed by atoms with Crippen LogP contribution in [-0.2, 0) is 9.47 Å². The molecule has 12 heavy (non-hydrogen) atoms. The molecule has 0 aromatic rings. The summed E-state index contributed by atoms with van der Waals surface area (Å²) >= 11 is 5.24. The van der Waals surface area contributed by atoms with E-state index in [4.69, 9.17) is 21.8 Å². The fraction of sp³-hybridized carbons (Fsp3) is 1.00. The molecule has 0 spiro atoms. The van der Waals surface area contributed by atoms with Crippen molar-refractivity contribution in [2.24, 2.45) is 0 Å². The Morgan fingerprint density at radius 1 is 1.25 bits per heavy atom. The molecule has 0 radical (unpaired) electrons. The molecule has 4 nitrogen and oxygen atoms in total. The second-order valence-electron chi connectivity index (χ2n) is 1.84. The molecule has 0 amide bonds. The number of hydrogen-bond acceptors (Lipinski definition) is 4. The number of halogens is 1. The van der Waals surface area contributed by atoms with Crippen molar-refractivity contribution in [3.63, 3.8) is 0 Å². The van der Waals surface area contributed by atoms with Gasteiger partial charge in [0.05, 0.1) is 26.4 Å². The summed E-state index contributed by atoms with van der Waals surface area (Å²) in [5, 5.41) is 16.2. The van der Waals surface area contributed by atoms with Gasteiger partial charge in [-0.2, -0.15) is 0 Å². The minimum atomic E-state index is -0.144. The first-order valence-corrected chi connectivity index (χ1v) is 4.09. The van der Waals surface area contributed by atoms with Crippen LogP contribution in [0.2, 0.25) is 0 Å². The standard InChI is InChI=1S/C4H10O3.C3H7ClO/c5-1-3-7-4-2-6;1-3(4)5-2/h5-6H,1-4H2;3H,1-2H3. The Balaban J connectivity index is 0. The van der Waals surface area contributed by atoms with Crippen LogP contribution < -0.4 is 0 Å². The van der Waals surface area contributed by atoms with Gasteiger partial charge >= 0.3 is 0 Å². The lowest BCUT2D eigenvalue weighted by atomic mass is 10.7. The lowest BCUT2D eigenvalue weighted by molar-refractivity contribution is 0.0650. The molecule has 0 aliphatic carbocycles. The summed E-state index contributed by atoms with van der Waals surface area (Å²) in [4.78, 5) is 0. The molecule has 5 heteroatoms. The molecular formula is C7H17ClO4. The van der Waals surface area contributed by atoms with Crippen LogP contribution in [0.5, 0.6) is 0 Å². The Kier molecular flexibility index (Phi) is 16.7. The third-order valence-corrected chi connectivity index (χ3v) is 0.974. The van der Waals surface area contributed by atoms with E-state index in [9.17, 15) is 0 Å². The van der Waals surface area contributed by atoms with Crippen molar-refractivity contribution in [1.82, 2.24) is 0 Å². The maximum atomic E-state index is 8.09. The van der Waals surface area contributed by atoms with E-state index in [2.05, 4.69) is 9.47 Å². The predicted octanol–water partition coefficient (Wildman–Crippen LogP) is 0.205. The number of methoxy groups -OCH3 is 1. The van der Waals surface area contributed by atoms with Crippen LogP contribution in [0.4, 0.5) is 0 Å². The average molecular weight is 201 g/mol. The van der Waals surface area contributed by atoms with Gasteiger partial charge in [0.25, 0.3) is 0 Å². The Hall–Kier alpha value is 0.130. The van der Waals surface area contributed by atoms with E-state index in [0.29, 0.717) is 13.2 Å². The van der Waals surface area contributed by atoms with E-state index in [0.717, 1.165) is 0 Å². The van der Waals surface area contributed by atoms with Crippen LogP contribution in [0.15, 0.2) is 0 Å². The Morgan fingerprint density at radius 3 is 1.75 bits per heavy atom. The number of rotatable bonds is 5. The highest BCUT2D eigenvalue weighted by Crippen LogP contribution is 1.89. The highest BCUT2D eigenvalue weighted by atomic mass is 35.5. The van der Waals surface area contributed by atoms with Crippen LogP contribution >= 0.6 is 11.6 Å². The molecule has 2 N–H and O–H groups in total. The zero-order valence-corrected chi connectivity index (χ0v) is 8.25. The van der Waals surface area contributed by atoms with Gasteiger partial charge in [0.1, 0.15) is 5.56 Å². The van der Waals surface area contributed by atoms with Crippen molar-refractivity contribution in [3.05, 3.63) is 0 Å². The molecule has 0 aliphatic heterocycles. The van der Waals surface area contributed by atoms with Gasteiger partial charge in [-0.15, -0.1) is 0 Å². The van der Waals surface area contributed by atoms with Crippen molar-refractivity contribution in [2.75, 3.05) is 33.5 Å². The van der Waals surface area contributed by atoms with Gasteiger partial charge < -0.3 is 19.7 Å². The number of hydrogen-bond donors (Lipinski definition) is 2. The molecule has 0 rings (SSSR count). The van der Waals surface area contributed by atoms with E-state index in [1.165, 1.54) is 0 Å². The first-order valence-electron chi connectivity index (χ1n) is 3.65. The third kappa shape index (κ3) is 22.5. The molecular weight excluding hydrogens is 184 g/mol. The van der Waals surface area contributed by atoms with Crippen molar-refractivity contribution in [3.8, 4) is 0 Å². The van der Waals surface area contributed by atoms with Gasteiger partial charge in [-0.05, 0) is 6.92 Å². The molecule has 0 fully saturated rings. The second-order valence-corrected chi connectivity index (χ2v) is 2.45. The number of aliphatic hydroxyl groups is 2. The maximum Gasteiger partial charge on any atom is 0.128 e. The fourth-order valence-corrected chi connectivity index (χ4v) is 0.231. The van der Waals surface area contributed by atoms with Gasteiger partial charge in [0, 0.05) is 7.11 Å². The van der Waals surface area contributed by atoms with Crippen LogP contribution in [0, 0.1) is 0 Å². The van der Waals surface area contributed by atoms with E-state index in [-0.39, 0.29) is 18.8 Å². The van der Waals surface area contributed by atoms with Gasteiger partial charge in [-0.3, -0.25) is 0 Å². The quantitative estimate of drug-likeness (QED) is 0.492. The molecule has 0 aliphatic rings. The first-order chi connectivity index (χ1) is 5.68. The molecule has 0 saturated carbocycles. The Bertz CT molecular complexity index is 66.4. The number of aliphatic hydroxyl groups excluding tert-OH is 2. The fourth-order valence-electron chi connectivity index (χ4n) is 0.231. The van der Waals surface area contributed by atoms with Crippen molar-refractivity contribution < 1.29 is 19.7 Å². The van der Waals surface area contributed by atoms with Crippen LogP contribution in [0.25, 0.3) is 0 Å². The topological polar surface area (TPSA) is 58.9 Å². The molecule has 1 unspecified atom stereocenters. The van der Waals surface area contributed by atoms with Crippen LogP contribution in [-0.4, -0.2) is 49.3 Å². The van der Waals surface area contributed by atoms with Crippen LogP contribution in [0.3, 0.4) is 0 Å². The van der Waals surface area contributed by atoms with Crippen LogP contribution in [0.1, 0.15) is 6.92 Å². The highest BCUT2D eigenvalue weighted by Gasteiger charge is 1.82. The lowest BCUT2D eigenvalue weighted by Gasteiger charge is -1.94. The normalized spacial score (nSPS) is 11.8. The van der Waals surface area contributed by atoms with Gasteiger partial charge in [0.2, 0.25) is 0 Å². The summed E-state index contributed by atoms with van der Waals surface area (Å²) in [6, 6.07) is 0. The lowest BCUT2D eigenvalue weighted by Crippen LogP contribution is -2.03. The zero-order chi connectivity index (χ0) is 9.82. The summed E-state index contributed by atoms with van der Waals surface area (Å²) in [7, 11) is 1.57. The number of ether oxygens (including phenoxy) is 2. The van der Waals surface area contributed by atoms with E-state index in [1.807, 2.05) is 0 Å². The molecule has 0 aromatic heterocycles. The summed E-state index contributed by atoms with van der Waals surface area (Å²) in [6.07, 6.45) is 0. The molecule has 0 aromatic carbocycles. The van der Waals surface area contributed by atoms with E-state index < -0.39 is 0 Å². The summed E-state index contributed by atoms with van der Waals surface area (Å²) < 4.78 is 9.15. The summed E-state index contributed by atoms with van der Waals surface area (Å²) in [6.45, 7) is 2.46. The number of alkyl halides is 1. The highest BCUT2D eigenvalue weighted by molar-refractivity contribution is 6.19. The smallest absolute Gasteiger partial charge is 0.128 e. The Labute approximate surface area is 78.1 Å². The molecule has 0 saturated heterocycles. The minimum absolute atomic E-state index is 0.0278. The minimum Gasteiger partial charge on any atom is -0.394 e. The second kappa shape index (κ2) is 13.7. The molecule has 1 atom stereocenters. The summed E-state index contributed by atoms with van der Waals surface area (Å²) in [5.74, 6) is 0. The SMILES string of the molecule is COC(C)Cl.OCCOCCO. The molecule has 0 bridgehead atoms. The largest absolute Gasteiger partial charge is 0.394 e. The predicted molar refractivity (Wildman–Crippen MR) is 47.3 cm³/mol. The van der Waals surface area contributed by atoms with Gasteiger partial charge in [0.15, 0.2) is 0 Å². The maximum absolute atomic E-state index is 8.09. The van der Waals surface area contributed by atoms with E-state index in [1.54, 1.807) is 14.0 Å².